The van der Waals surface area contributed by atoms with E-state index in [4.69, 9.17) is 0 Å². The monoisotopic (exact) mass is 302 g/mol. The molecule has 0 bridgehead atoms. The first kappa shape index (κ1) is 16.9. The maximum absolute atomic E-state index is 11.4. The van der Waals surface area contributed by atoms with Crippen LogP contribution in [0.3, 0.4) is 0 Å². The molecule has 0 spiro atoms. The van der Waals surface area contributed by atoms with Gasteiger partial charge in [-0.05, 0) is 31.2 Å². The van der Waals surface area contributed by atoms with Gasteiger partial charge in [0.2, 0.25) is 0 Å². The fourth-order valence-corrected chi connectivity index (χ4v) is 2.55. The fraction of sp³-hybridized carbons (Fsp3) is 0.167. The molecule has 1 atom stereocenters. The van der Waals surface area contributed by atoms with Crippen molar-refractivity contribution in [2.45, 2.75) is 12.2 Å². The molecule has 0 amide bonds. The SMILES string of the molecule is Cc1cccc(C(c2ccccn2)S(=O)(=O)[O-])n1.[K+]. The van der Waals surface area contributed by atoms with E-state index in [-0.39, 0.29) is 62.8 Å². The van der Waals surface area contributed by atoms with Crippen molar-refractivity contribution in [3.05, 3.63) is 59.7 Å². The quantitative estimate of drug-likeness (QED) is 0.505. The maximum atomic E-state index is 11.4. The molecule has 2 aromatic rings. The predicted octanol–water partition coefficient (Wildman–Crippen LogP) is -1.58. The van der Waals surface area contributed by atoms with Crippen LogP contribution in [0.1, 0.15) is 22.3 Å². The van der Waals surface area contributed by atoms with Gasteiger partial charge in [0.1, 0.15) is 15.4 Å². The number of pyridine rings is 2. The second kappa shape index (κ2) is 7.03. The zero-order valence-electron chi connectivity index (χ0n) is 10.6. The first-order chi connectivity index (χ1) is 8.48. The summed E-state index contributed by atoms with van der Waals surface area (Å²) in [5.74, 6) is 0. The van der Waals surface area contributed by atoms with Crippen LogP contribution >= 0.6 is 0 Å². The Morgan fingerprint density at radius 2 is 1.79 bits per heavy atom. The molecule has 2 aromatic heterocycles. The van der Waals surface area contributed by atoms with Crippen LogP contribution in [0.4, 0.5) is 0 Å². The third-order valence-corrected chi connectivity index (χ3v) is 3.48. The van der Waals surface area contributed by atoms with Crippen LogP contribution in [0, 0.1) is 6.92 Å². The molecule has 19 heavy (non-hydrogen) atoms. The Balaban J connectivity index is 0.00000180. The van der Waals surface area contributed by atoms with Crippen LogP contribution in [-0.4, -0.2) is 22.9 Å². The summed E-state index contributed by atoms with van der Waals surface area (Å²) in [5.41, 5.74) is 1.03. The molecule has 1 unspecified atom stereocenters. The van der Waals surface area contributed by atoms with Gasteiger partial charge in [0, 0.05) is 11.9 Å². The normalized spacial score (nSPS) is 12.5. The molecule has 0 aliphatic rings. The minimum Gasteiger partial charge on any atom is -0.747 e. The Labute approximate surface area is 154 Å². The van der Waals surface area contributed by atoms with E-state index in [2.05, 4.69) is 9.97 Å². The average molecular weight is 302 g/mol. The van der Waals surface area contributed by atoms with Gasteiger partial charge in [-0.25, -0.2) is 8.42 Å². The van der Waals surface area contributed by atoms with Crippen LogP contribution in [0.15, 0.2) is 42.6 Å². The van der Waals surface area contributed by atoms with E-state index < -0.39 is 15.4 Å². The van der Waals surface area contributed by atoms with Gasteiger partial charge < -0.3 is 4.55 Å². The molecule has 0 aromatic carbocycles. The van der Waals surface area contributed by atoms with E-state index in [0.717, 1.165) is 0 Å². The summed E-state index contributed by atoms with van der Waals surface area (Å²) >= 11 is 0. The number of hydrogen-bond acceptors (Lipinski definition) is 5. The summed E-state index contributed by atoms with van der Waals surface area (Å²) in [6, 6.07) is 9.71. The minimum atomic E-state index is -4.56. The summed E-state index contributed by atoms with van der Waals surface area (Å²) in [7, 11) is -4.56. The van der Waals surface area contributed by atoms with E-state index in [1.165, 1.54) is 18.3 Å². The van der Waals surface area contributed by atoms with Crippen LogP contribution in [-0.2, 0) is 10.1 Å². The molecule has 0 aliphatic heterocycles. The van der Waals surface area contributed by atoms with Gasteiger partial charge in [0.05, 0.1) is 11.4 Å². The maximum Gasteiger partial charge on any atom is 1.00 e. The molecular weight excluding hydrogens is 291 g/mol. The second-order valence-corrected chi connectivity index (χ2v) is 5.29. The average Bonchev–Trinajstić information content (AvgIpc) is 2.28. The first-order valence-electron chi connectivity index (χ1n) is 5.27. The van der Waals surface area contributed by atoms with Crippen molar-refractivity contribution in [2.75, 3.05) is 0 Å². The Morgan fingerprint density at radius 1 is 1.11 bits per heavy atom. The molecule has 2 heterocycles. The number of aryl methyl sites for hydroxylation is 1. The smallest absolute Gasteiger partial charge is 0.747 e. The van der Waals surface area contributed by atoms with E-state index in [1.807, 2.05) is 0 Å². The van der Waals surface area contributed by atoms with E-state index in [0.29, 0.717) is 5.69 Å². The van der Waals surface area contributed by atoms with E-state index >= 15 is 0 Å². The van der Waals surface area contributed by atoms with E-state index in [9.17, 15) is 13.0 Å². The van der Waals surface area contributed by atoms with Crippen LogP contribution in [0.25, 0.3) is 0 Å². The van der Waals surface area contributed by atoms with Crippen molar-refractivity contribution >= 4 is 10.1 Å². The third-order valence-electron chi connectivity index (χ3n) is 2.42. The topological polar surface area (TPSA) is 83.0 Å². The molecule has 0 radical (unpaired) electrons. The molecule has 5 nitrogen and oxygen atoms in total. The number of hydrogen-bond donors (Lipinski definition) is 0. The van der Waals surface area contributed by atoms with Gasteiger partial charge in [-0.2, -0.15) is 0 Å². The van der Waals surface area contributed by atoms with Gasteiger partial charge >= 0.3 is 51.4 Å². The Kier molecular flexibility index (Phi) is 6.25. The van der Waals surface area contributed by atoms with Gasteiger partial charge in [0.15, 0.2) is 0 Å². The number of nitrogens with zero attached hydrogens (tertiary/aromatic N) is 2. The van der Waals surface area contributed by atoms with Crippen molar-refractivity contribution in [2.24, 2.45) is 0 Å². The fourth-order valence-electron chi connectivity index (χ4n) is 1.69. The van der Waals surface area contributed by atoms with Crippen molar-refractivity contribution in [3.8, 4) is 0 Å². The Hall–Kier alpha value is -0.154. The van der Waals surface area contributed by atoms with Crippen LogP contribution in [0.5, 0.6) is 0 Å². The first-order valence-corrected chi connectivity index (χ1v) is 6.75. The number of rotatable bonds is 3. The summed E-state index contributed by atoms with van der Waals surface area (Å²) in [6.07, 6.45) is 1.45. The summed E-state index contributed by atoms with van der Waals surface area (Å²) < 4.78 is 34.2. The van der Waals surface area contributed by atoms with Crippen molar-refractivity contribution in [1.29, 1.82) is 0 Å². The van der Waals surface area contributed by atoms with Crippen LogP contribution < -0.4 is 51.4 Å². The summed E-state index contributed by atoms with van der Waals surface area (Å²) in [6.45, 7) is 1.73. The Bertz CT molecular complexity index is 647. The standard InChI is InChI=1S/C12H12N2O3S.K/c1-9-5-4-7-11(14-9)12(18(15,16)17)10-6-2-3-8-13-10;/h2-8,12H,1H3,(H,15,16,17);/q;+1/p-1. The summed E-state index contributed by atoms with van der Waals surface area (Å²) in [4.78, 5) is 8.03. The number of aromatic nitrogens is 2. The second-order valence-electron chi connectivity index (χ2n) is 3.83. The van der Waals surface area contributed by atoms with Gasteiger partial charge in [-0.1, -0.05) is 12.1 Å². The van der Waals surface area contributed by atoms with E-state index in [1.54, 1.807) is 31.2 Å². The van der Waals surface area contributed by atoms with Crippen molar-refractivity contribution < 1.29 is 64.4 Å². The third kappa shape index (κ3) is 4.42. The molecule has 0 saturated heterocycles. The summed E-state index contributed by atoms with van der Waals surface area (Å²) in [5, 5.41) is -1.36. The molecule has 7 heteroatoms. The zero-order valence-corrected chi connectivity index (χ0v) is 14.6. The Morgan fingerprint density at radius 3 is 2.32 bits per heavy atom. The zero-order chi connectivity index (χ0) is 13.2. The van der Waals surface area contributed by atoms with Gasteiger partial charge in [-0.15, -0.1) is 0 Å². The largest absolute Gasteiger partial charge is 1.00 e. The molecule has 0 fully saturated rings. The van der Waals surface area contributed by atoms with Crippen molar-refractivity contribution in [1.82, 2.24) is 9.97 Å². The molecule has 0 saturated carbocycles. The molecule has 0 N–H and O–H groups in total. The predicted molar refractivity (Wildman–Crippen MR) is 64.8 cm³/mol. The molecule has 0 aliphatic carbocycles. The van der Waals surface area contributed by atoms with Crippen molar-refractivity contribution in [3.63, 3.8) is 0 Å². The molecular formula is C12H11KN2O3S. The van der Waals surface area contributed by atoms with Crippen LogP contribution in [0.2, 0.25) is 0 Å². The molecule has 2 rings (SSSR count). The van der Waals surface area contributed by atoms with Gasteiger partial charge in [-0.3, -0.25) is 9.97 Å². The van der Waals surface area contributed by atoms with Gasteiger partial charge in [0.25, 0.3) is 0 Å². The molecule has 94 valence electrons. The minimum absolute atomic E-state index is 0.